The van der Waals surface area contributed by atoms with E-state index in [1.54, 1.807) is 4.57 Å². The van der Waals surface area contributed by atoms with E-state index in [9.17, 15) is 4.79 Å². The molecule has 6 heteroatoms. The lowest BCUT2D eigenvalue weighted by Gasteiger charge is -2.12. The van der Waals surface area contributed by atoms with Gasteiger partial charge in [0.25, 0.3) is 0 Å². The summed E-state index contributed by atoms with van der Waals surface area (Å²) in [6, 6.07) is 13.7. The Morgan fingerprint density at radius 3 is 2.34 bits per heavy atom. The molecule has 29 heavy (non-hydrogen) atoms. The molecular formula is C23H24N4O2. The summed E-state index contributed by atoms with van der Waals surface area (Å²) in [7, 11) is 0. The molecule has 0 unspecified atom stereocenters. The lowest BCUT2D eigenvalue weighted by Crippen LogP contribution is -2.15. The third-order valence-corrected chi connectivity index (χ3v) is 5.05. The van der Waals surface area contributed by atoms with Gasteiger partial charge in [0.05, 0.1) is 17.1 Å². The Kier molecular flexibility index (Phi) is 4.70. The van der Waals surface area contributed by atoms with Crippen LogP contribution in [-0.4, -0.2) is 26.6 Å². The topological polar surface area (TPSA) is 83.0 Å². The quantitative estimate of drug-likeness (QED) is 0.511. The van der Waals surface area contributed by atoms with Crippen molar-refractivity contribution in [3.63, 3.8) is 0 Å². The SMILES string of the molecule is CC[C@H](C)OC(=O)c1c(N)n(-c2cc(C)cc(C)c2)c2nc3ccccc3nc12. The van der Waals surface area contributed by atoms with Crippen molar-refractivity contribution in [1.29, 1.82) is 0 Å². The molecule has 0 aliphatic heterocycles. The number of hydrogen-bond donors (Lipinski definition) is 1. The molecule has 0 fully saturated rings. The van der Waals surface area contributed by atoms with Gasteiger partial charge in [0.2, 0.25) is 0 Å². The van der Waals surface area contributed by atoms with Crippen molar-refractivity contribution in [2.75, 3.05) is 5.73 Å². The molecule has 4 rings (SSSR count). The Hall–Kier alpha value is -3.41. The number of nitrogens with zero attached hydrogens (tertiary/aromatic N) is 3. The largest absolute Gasteiger partial charge is 0.459 e. The van der Waals surface area contributed by atoms with Crippen LogP contribution in [0.5, 0.6) is 0 Å². The zero-order valence-electron chi connectivity index (χ0n) is 17.1. The van der Waals surface area contributed by atoms with Gasteiger partial charge in [-0.15, -0.1) is 0 Å². The van der Waals surface area contributed by atoms with Crippen molar-refractivity contribution >= 4 is 34.0 Å². The lowest BCUT2D eigenvalue weighted by molar-refractivity contribution is 0.0338. The van der Waals surface area contributed by atoms with E-state index in [4.69, 9.17) is 20.4 Å². The Morgan fingerprint density at radius 2 is 1.72 bits per heavy atom. The Morgan fingerprint density at radius 1 is 1.10 bits per heavy atom. The van der Waals surface area contributed by atoms with Gasteiger partial charge in [0.1, 0.15) is 16.9 Å². The number of nitrogen functional groups attached to an aromatic ring is 1. The molecule has 2 heterocycles. The summed E-state index contributed by atoms with van der Waals surface area (Å²) in [5.74, 6) is -0.192. The summed E-state index contributed by atoms with van der Waals surface area (Å²) in [4.78, 5) is 22.5. The Balaban J connectivity index is 2.05. The summed E-state index contributed by atoms with van der Waals surface area (Å²) in [6.45, 7) is 7.88. The maximum absolute atomic E-state index is 13.0. The van der Waals surface area contributed by atoms with Gasteiger partial charge in [-0.25, -0.2) is 14.8 Å². The number of esters is 1. The number of fused-ring (bicyclic) bond motifs is 2. The Bertz CT molecular complexity index is 1220. The molecule has 2 aromatic heterocycles. The minimum Gasteiger partial charge on any atom is -0.459 e. The van der Waals surface area contributed by atoms with E-state index in [0.717, 1.165) is 28.8 Å². The lowest BCUT2D eigenvalue weighted by atomic mass is 10.1. The number of carbonyl (C=O) groups excluding carboxylic acids is 1. The van der Waals surface area contributed by atoms with Crippen LogP contribution in [0.25, 0.3) is 27.9 Å². The number of para-hydroxylation sites is 2. The molecule has 0 amide bonds. The van der Waals surface area contributed by atoms with Gasteiger partial charge >= 0.3 is 5.97 Å². The van der Waals surface area contributed by atoms with Crippen LogP contribution < -0.4 is 5.73 Å². The van der Waals surface area contributed by atoms with Crippen molar-refractivity contribution in [2.24, 2.45) is 0 Å². The summed E-state index contributed by atoms with van der Waals surface area (Å²) in [6.07, 6.45) is 0.505. The van der Waals surface area contributed by atoms with Crippen molar-refractivity contribution in [3.8, 4) is 5.69 Å². The van der Waals surface area contributed by atoms with Crippen molar-refractivity contribution in [1.82, 2.24) is 14.5 Å². The zero-order valence-corrected chi connectivity index (χ0v) is 17.1. The number of aryl methyl sites for hydroxylation is 2. The highest BCUT2D eigenvalue weighted by Crippen LogP contribution is 2.32. The third kappa shape index (κ3) is 3.31. The Labute approximate surface area is 169 Å². The average molecular weight is 388 g/mol. The van der Waals surface area contributed by atoms with E-state index in [1.165, 1.54) is 0 Å². The van der Waals surface area contributed by atoms with Crippen LogP contribution in [0.3, 0.4) is 0 Å². The van der Waals surface area contributed by atoms with E-state index >= 15 is 0 Å². The normalized spacial score (nSPS) is 12.4. The molecule has 0 bridgehead atoms. The zero-order chi connectivity index (χ0) is 20.7. The number of nitrogens with two attached hydrogens (primary N) is 1. The first-order chi connectivity index (χ1) is 13.9. The monoisotopic (exact) mass is 388 g/mol. The van der Waals surface area contributed by atoms with Crippen LogP contribution in [0.15, 0.2) is 42.5 Å². The number of rotatable bonds is 4. The predicted molar refractivity (Wildman–Crippen MR) is 115 cm³/mol. The van der Waals surface area contributed by atoms with E-state index in [1.807, 2.05) is 64.1 Å². The standard InChI is InChI=1S/C23H24N4O2/c1-5-15(4)29-23(28)19-20-22(26-18-9-7-6-8-17(18)25-20)27(21(19)24)16-11-13(2)10-14(3)12-16/h6-12,15H,5,24H2,1-4H3/t15-/m0/s1. The van der Waals surface area contributed by atoms with E-state index in [2.05, 4.69) is 6.07 Å². The van der Waals surface area contributed by atoms with Crippen LogP contribution in [0.1, 0.15) is 41.8 Å². The molecule has 0 saturated heterocycles. The maximum atomic E-state index is 13.0. The van der Waals surface area contributed by atoms with Gasteiger partial charge in [-0.05, 0) is 62.6 Å². The van der Waals surface area contributed by atoms with Crippen LogP contribution in [-0.2, 0) is 4.74 Å². The van der Waals surface area contributed by atoms with Gasteiger partial charge in [-0.3, -0.25) is 4.57 Å². The van der Waals surface area contributed by atoms with Crippen LogP contribution in [0.2, 0.25) is 0 Å². The summed E-state index contributed by atoms with van der Waals surface area (Å²) < 4.78 is 7.38. The van der Waals surface area contributed by atoms with Gasteiger partial charge in [0.15, 0.2) is 5.65 Å². The number of ether oxygens (including phenoxy) is 1. The fourth-order valence-corrected chi connectivity index (χ4v) is 3.53. The molecule has 0 saturated carbocycles. The molecule has 0 aliphatic rings. The van der Waals surface area contributed by atoms with Crippen LogP contribution in [0, 0.1) is 13.8 Å². The fourth-order valence-electron chi connectivity index (χ4n) is 3.53. The van der Waals surface area contributed by atoms with E-state index in [0.29, 0.717) is 16.7 Å². The molecule has 6 nitrogen and oxygen atoms in total. The first-order valence-electron chi connectivity index (χ1n) is 9.75. The number of hydrogen-bond acceptors (Lipinski definition) is 5. The minimum absolute atomic E-state index is 0.213. The maximum Gasteiger partial charge on any atom is 0.344 e. The predicted octanol–water partition coefficient (Wildman–Crippen LogP) is 4.73. The van der Waals surface area contributed by atoms with Crippen molar-refractivity contribution < 1.29 is 9.53 Å². The summed E-state index contributed by atoms with van der Waals surface area (Å²) in [5.41, 5.74) is 12.3. The molecule has 0 radical (unpaired) electrons. The van der Waals surface area contributed by atoms with Crippen molar-refractivity contribution in [3.05, 3.63) is 59.2 Å². The van der Waals surface area contributed by atoms with Gasteiger partial charge in [0, 0.05) is 5.69 Å². The van der Waals surface area contributed by atoms with Gasteiger partial charge < -0.3 is 10.5 Å². The van der Waals surface area contributed by atoms with E-state index < -0.39 is 5.97 Å². The second-order valence-corrected chi connectivity index (χ2v) is 7.45. The fraction of sp³-hybridized carbons (Fsp3) is 0.261. The number of anilines is 1. The second-order valence-electron chi connectivity index (χ2n) is 7.45. The van der Waals surface area contributed by atoms with Crippen molar-refractivity contribution in [2.45, 2.75) is 40.2 Å². The van der Waals surface area contributed by atoms with Gasteiger partial charge in [-0.2, -0.15) is 0 Å². The molecule has 2 aromatic carbocycles. The third-order valence-electron chi connectivity index (χ3n) is 5.05. The summed E-state index contributed by atoms with van der Waals surface area (Å²) in [5, 5.41) is 0. The number of aromatic nitrogens is 3. The summed E-state index contributed by atoms with van der Waals surface area (Å²) >= 11 is 0. The first kappa shape index (κ1) is 18.9. The number of benzene rings is 2. The molecular weight excluding hydrogens is 364 g/mol. The van der Waals surface area contributed by atoms with Crippen LogP contribution in [0.4, 0.5) is 5.82 Å². The molecule has 4 aromatic rings. The highest BCUT2D eigenvalue weighted by Gasteiger charge is 2.26. The van der Waals surface area contributed by atoms with E-state index in [-0.39, 0.29) is 17.5 Å². The smallest absolute Gasteiger partial charge is 0.344 e. The number of carbonyl (C=O) groups is 1. The highest BCUT2D eigenvalue weighted by atomic mass is 16.5. The first-order valence-corrected chi connectivity index (χ1v) is 9.75. The average Bonchev–Trinajstić information content (AvgIpc) is 2.96. The molecule has 148 valence electrons. The molecule has 2 N–H and O–H groups in total. The highest BCUT2D eigenvalue weighted by molar-refractivity contribution is 6.09. The molecule has 1 atom stereocenters. The van der Waals surface area contributed by atoms with Gasteiger partial charge in [-0.1, -0.05) is 25.1 Å². The molecule has 0 aliphatic carbocycles. The second kappa shape index (κ2) is 7.20. The minimum atomic E-state index is -0.477. The van der Waals surface area contributed by atoms with Crippen LogP contribution >= 0.6 is 0 Å². The molecule has 0 spiro atoms.